The molecule has 1 N–H and O–H groups in total. The molecule has 0 spiro atoms. The van der Waals surface area contributed by atoms with E-state index in [2.05, 4.69) is 27.9 Å². The maximum Gasteiger partial charge on any atom is 0.412 e. The first-order valence-electron chi connectivity index (χ1n) is 7.38. The smallest absolute Gasteiger partial charge is 0.412 e. The molecule has 0 aliphatic carbocycles. The minimum Gasteiger partial charge on any atom is -0.490 e. The van der Waals surface area contributed by atoms with Gasteiger partial charge in [0.15, 0.2) is 0 Å². The van der Waals surface area contributed by atoms with Crippen LogP contribution in [0.25, 0.3) is 0 Å². The number of halogens is 2. The molecule has 0 aliphatic rings. The first-order valence-corrected chi connectivity index (χ1v) is 9.28. The molecule has 0 aromatic heterocycles. The number of hydrogen-bond acceptors (Lipinski definition) is 4. The lowest BCUT2D eigenvalue weighted by Gasteiger charge is -2.20. The molecular weight excluding hydrogens is 433 g/mol. The van der Waals surface area contributed by atoms with Gasteiger partial charge in [-0.15, -0.1) is 0 Å². The van der Waals surface area contributed by atoms with E-state index < -0.39 is 11.7 Å². The van der Waals surface area contributed by atoms with Crippen molar-refractivity contribution in [3.63, 3.8) is 0 Å². The quantitative estimate of drug-likeness (QED) is 0.344. The van der Waals surface area contributed by atoms with Crippen molar-refractivity contribution in [3.05, 3.63) is 23.2 Å². The van der Waals surface area contributed by atoms with Crippen LogP contribution in [-0.4, -0.2) is 35.9 Å². The molecule has 1 amide bonds. The minimum absolute atomic E-state index is 0.400. The average molecular weight is 456 g/mol. The summed E-state index contributed by atoms with van der Waals surface area (Å²) in [7, 11) is 0. The molecule has 7 heteroatoms. The summed E-state index contributed by atoms with van der Waals surface area (Å²) in [5.74, 6) is 0.498. The number of benzene rings is 1. The number of ether oxygens (including phenoxy) is 3. The van der Waals surface area contributed by atoms with Gasteiger partial charge in [0, 0.05) is 22.8 Å². The molecule has 0 fully saturated rings. The van der Waals surface area contributed by atoms with E-state index in [1.165, 1.54) is 0 Å². The Bertz CT molecular complexity index is 505. The van der Waals surface area contributed by atoms with Gasteiger partial charge in [-0.05, 0) is 39.3 Å². The highest BCUT2D eigenvalue weighted by molar-refractivity contribution is 14.1. The predicted octanol–water partition coefficient (Wildman–Crippen LogP) is 4.91. The van der Waals surface area contributed by atoms with Crippen molar-refractivity contribution in [2.24, 2.45) is 0 Å². The Kier molecular flexibility index (Phi) is 9.01. The highest BCUT2D eigenvalue weighted by atomic mass is 127. The molecule has 0 unspecified atom stereocenters. The number of nitrogens with one attached hydrogen (secondary N) is 1. The fourth-order valence-electron chi connectivity index (χ4n) is 1.58. The lowest BCUT2D eigenvalue weighted by molar-refractivity contribution is 0.0636. The zero-order chi connectivity index (χ0) is 17.3. The minimum atomic E-state index is -0.550. The largest absolute Gasteiger partial charge is 0.490 e. The van der Waals surface area contributed by atoms with Gasteiger partial charge >= 0.3 is 6.09 Å². The van der Waals surface area contributed by atoms with Crippen LogP contribution < -0.4 is 10.1 Å². The van der Waals surface area contributed by atoms with Gasteiger partial charge in [-0.25, -0.2) is 4.79 Å². The van der Waals surface area contributed by atoms with Crippen LogP contribution in [0.2, 0.25) is 5.02 Å². The highest BCUT2D eigenvalue weighted by Crippen LogP contribution is 2.28. The maximum atomic E-state index is 11.8. The van der Waals surface area contributed by atoms with E-state index >= 15 is 0 Å². The zero-order valence-corrected chi connectivity index (χ0v) is 16.6. The summed E-state index contributed by atoms with van der Waals surface area (Å²) in [6.07, 6.45) is 0.504. The Morgan fingerprint density at radius 3 is 2.65 bits per heavy atom. The average Bonchev–Trinajstić information content (AvgIpc) is 2.43. The molecule has 130 valence electrons. The molecule has 0 saturated heterocycles. The third-order valence-electron chi connectivity index (χ3n) is 2.48. The zero-order valence-electron chi connectivity index (χ0n) is 13.7. The summed E-state index contributed by atoms with van der Waals surface area (Å²) >= 11 is 8.40. The lowest BCUT2D eigenvalue weighted by Crippen LogP contribution is -2.27. The van der Waals surface area contributed by atoms with Crippen LogP contribution in [-0.2, 0) is 9.47 Å². The Morgan fingerprint density at radius 2 is 2.00 bits per heavy atom. The van der Waals surface area contributed by atoms with Crippen molar-refractivity contribution in [2.45, 2.75) is 32.8 Å². The topological polar surface area (TPSA) is 56.8 Å². The molecule has 0 bridgehead atoms. The van der Waals surface area contributed by atoms with E-state index in [9.17, 15) is 4.79 Å². The van der Waals surface area contributed by atoms with Crippen LogP contribution in [0, 0.1) is 0 Å². The molecule has 0 heterocycles. The fourth-order valence-corrected chi connectivity index (χ4v) is 2.07. The molecule has 0 atom stereocenters. The Labute approximate surface area is 156 Å². The fraction of sp³-hybridized carbons (Fsp3) is 0.562. The molecule has 1 rings (SSSR count). The van der Waals surface area contributed by atoms with E-state index in [1.54, 1.807) is 39.0 Å². The van der Waals surface area contributed by atoms with Crippen LogP contribution >= 0.6 is 34.2 Å². The van der Waals surface area contributed by atoms with Gasteiger partial charge in [0.1, 0.15) is 18.0 Å². The van der Waals surface area contributed by atoms with Crippen molar-refractivity contribution in [3.8, 4) is 5.75 Å². The van der Waals surface area contributed by atoms with Gasteiger partial charge in [-0.1, -0.05) is 34.2 Å². The van der Waals surface area contributed by atoms with E-state index in [1.807, 2.05) is 0 Å². The number of hydrogen-bond donors (Lipinski definition) is 1. The van der Waals surface area contributed by atoms with Gasteiger partial charge in [0.25, 0.3) is 0 Å². The Balaban J connectivity index is 2.50. The van der Waals surface area contributed by atoms with E-state index in [-0.39, 0.29) is 0 Å². The SMILES string of the molecule is CC(C)(C)OC(=O)Nc1ccc(Cl)c(OCCOCCCI)c1. The summed E-state index contributed by atoms with van der Waals surface area (Å²) in [6.45, 7) is 7.04. The lowest BCUT2D eigenvalue weighted by atomic mass is 10.2. The van der Waals surface area contributed by atoms with Crippen LogP contribution in [0.1, 0.15) is 27.2 Å². The Morgan fingerprint density at radius 1 is 1.26 bits per heavy atom. The van der Waals surface area contributed by atoms with Crippen molar-refractivity contribution in [2.75, 3.05) is 29.6 Å². The van der Waals surface area contributed by atoms with E-state index in [4.69, 9.17) is 25.8 Å². The normalized spacial score (nSPS) is 11.2. The van der Waals surface area contributed by atoms with Crippen molar-refractivity contribution in [1.82, 2.24) is 0 Å². The second kappa shape index (κ2) is 10.2. The van der Waals surface area contributed by atoms with Gasteiger partial charge in [-0.3, -0.25) is 5.32 Å². The molecule has 0 aliphatic heterocycles. The molecule has 0 saturated carbocycles. The summed E-state index contributed by atoms with van der Waals surface area (Å²) in [5.41, 5.74) is 0.00924. The molecular formula is C16H23ClINO4. The second-order valence-corrected chi connectivity index (χ2v) is 7.26. The van der Waals surface area contributed by atoms with E-state index in [0.717, 1.165) is 17.5 Å². The van der Waals surface area contributed by atoms with Crippen LogP contribution in [0.5, 0.6) is 5.75 Å². The first-order chi connectivity index (χ1) is 10.8. The highest BCUT2D eigenvalue weighted by Gasteiger charge is 2.16. The summed E-state index contributed by atoms with van der Waals surface area (Å²) in [4.78, 5) is 11.8. The molecule has 1 aromatic carbocycles. The number of anilines is 1. The number of carbonyl (C=O) groups excluding carboxylic acids is 1. The van der Waals surface area contributed by atoms with Crippen molar-refractivity contribution < 1.29 is 19.0 Å². The first kappa shape index (κ1) is 20.3. The molecule has 5 nitrogen and oxygen atoms in total. The van der Waals surface area contributed by atoms with Gasteiger partial charge in [0.2, 0.25) is 0 Å². The van der Waals surface area contributed by atoms with Crippen molar-refractivity contribution in [1.29, 1.82) is 0 Å². The predicted molar refractivity (Wildman–Crippen MR) is 101 cm³/mol. The third kappa shape index (κ3) is 9.22. The summed E-state index contributed by atoms with van der Waals surface area (Å²) in [6, 6.07) is 5.02. The number of amides is 1. The maximum absolute atomic E-state index is 11.8. The van der Waals surface area contributed by atoms with Gasteiger partial charge < -0.3 is 14.2 Å². The molecule has 1 aromatic rings. The van der Waals surface area contributed by atoms with Crippen LogP contribution in [0.4, 0.5) is 10.5 Å². The van der Waals surface area contributed by atoms with Crippen molar-refractivity contribution >= 4 is 46.0 Å². The van der Waals surface area contributed by atoms with Gasteiger partial charge in [0.05, 0.1) is 11.6 Å². The summed E-state index contributed by atoms with van der Waals surface area (Å²) in [5, 5.41) is 3.13. The van der Waals surface area contributed by atoms with Crippen LogP contribution in [0.3, 0.4) is 0 Å². The molecule has 0 radical (unpaired) electrons. The standard InChI is InChI=1S/C16H23ClINO4/c1-16(2,3)23-15(20)19-12-5-6-13(17)14(11-12)22-10-9-21-8-4-7-18/h5-6,11H,4,7-10H2,1-3H3,(H,19,20). The monoisotopic (exact) mass is 455 g/mol. The third-order valence-corrected chi connectivity index (χ3v) is 3.56. The molecule has 23 heavy (non-hydrogen) atoms. The number of rotatable bonds is 8. The summed E-state index contributed by atoms with van der Waals surface area (Å²) < 4.78 is 17.3. The second-order valence-electron chi connectivity index (χ2n) is 5.78. The van der Waals surface area contributed by atoms with Crippen LogP contribution in [0.15, 0.2) is 18.2 Å². The Hall–Kier alpha value is -0.730. The number of alkyl halides is 1. The van der Waals surface area contributed by atoms with E-state index in [0.29, 0.717) is 29.7 Å². The number of carbonyl (C=O) groups is 1. The van der Waals surface area contributed by atoms with Gasteiger partial charge in [-0.2, -0.15) is 0 Å².